The van der Waals surface area contributed by atoms with Crippen molar-refractivity contribution in [2.75, 3.05) is 7.11 Å². The van der Waals surface area contributed by atoms with Gasteiger partial charge in [-0.05, 0) is 36.2 Å². The molecule has 2 rings (SSSR count). The Labute approximate surface area is 121 Å². The van der Waals surface area contributed by atoms with Gasteiger partial charge in [0.25, 0.3) is 0 Å². The summed E-state index contributed by atoms with van der Waals surface area (Å²) in [5.74, 6) is -1.63. The van der Waals surface area contributed by atoms with Crippen LogP contribution < -0.4 is 9.47 Å². The Bertz CT molecular complexity index is 667. The standard InChI is InChI=1S/C16H15FO4/c1-3-10-7-8-13(14(9-10)20-2)21-15-11(16(18)19)5-4-6-12(15)17/h4-9H,3H2,1-2H3,(H,18,19). The lowest BCUT2D eigenvalue weighted by molar-refractivity contribution is 0.0693. The van der Waals surface area contributed by atoms with Gasteiger partial charge >= 0.3 is 5.97 Å². The van der Waals surface area contributed by atoms with Crippen molar-refractivity contribution in [1.82, 2.24) is 0 Å². The molecule has 0 aliphatic heterocycles. The van der Waals surface area contributed by atoms with Crippen molar-refractivity contribution in [3.63, 3.8) is 0 Å². The van der Waals surface area contributed by atoms with Crippen molar-refractivity contribution in [2.24, 2.45) is 0 Å². The first-order chi connectivity index (χ1) is 10.1. The topological polar surface area (TPSA) is 55.8 Å². The van der Waals surface area contributed by atoms with Gasteiger partial charge in [-0.15, -0.1) is 0 Å². The fourth-order valence-electron chi connectivity index (χ4n) is 1.91. The number of carbonyl (C=O) groups is 1. The van der Waals surface area contributed by atoms with Crippen LogP contribution in [0.2, 0.25) is 0 Å². The molecule has 5 heteroatoms. The van der Waals surface area contributed by atoms with Crippen molar-refractivity contribution in [1.29, 1.82) is 0 Å². The van der Waals surface area contributed by atoms with Gasteiger partial charge in [0, 0.05) is 0 Å². The number of para-hydroxylation sites is 1. The normalized spacial score (nSPS) is 10.2. The molecule has 0 aliphatic carbocycles. The van der Waals surface area contributed by atoms with E-state index >= 15 is 0 Å². The van der Waals surface area contributed by atoms with Crippen LogP contribution in [0.25, 0.3) is 0 Å². The largest absolute Gasteiger partial charge is 0.493 e. The minimum Gasteiger partial charge on any atom is -0.493 e. The summed E-state index contributed by atoms with van der Waals surface area (Å²) >= 11 is 0. The molecule has 2 aromatic carbocycles. The average molecular weight is 290 g/mol. The summed E-state index contributed by atoms with van der Waals surface area (Å²) in [6.07, 6.45) is 0.816. The Hall–Kier alpha value is -2.56. The molecule has 110 valence electrons. The lowest BCUT2D eigenvalue weighted by Gasteiger charge is -2.13. The van der Waals surface area contributed by atoms with Crippen LogP contribution in [0.3, 0.4) is 0 Å². The SMILES string of the molecule is CCc1ccc(Oc2c(F)cccc2C(=O)O)c(OC)c1. The quantitative estimate of drug-likeness (QED) is 0.907. The summed E-state index contributed by atoms with van der Waals surface area (Å²) in [6, 6.07) is 8.98. The summed E-state index contributed by atoms with van der Waals surface area (Å²) in [7, 11) is 1.47. The highest BCUT2D eigenvalue weighted by Crippen LogP contribution is 2.35. The van der Waals surface area contributed by atoms with Gasteiger partial charge in [-0.2, -0.15) is 0 Å². The molecule has 2 aromatic rings. The molecule has 0 atom stereocenters. The van der Waals surface area contributed by atoms with E-state index in [4.69, 9.17) is 14.6 Å². The molecule has 0 heterocycles. The Morgan fingerprint density at radius 1 is 1.24 bits per heavy atom. The van der Waals surface area contributed by atoms with Gasteiger partial charge in [0.05, 0.1) is 7.11 Å². The van der Waals surface area contributed by atoms with E-state index in [1.165, 1.54) is 19.2 Å². The van der Waals surface area contributed by atoms with Crippen molar-refractivity contribution >= 4 is 5.97 Å². The van der Waals surface area contributed by atoms with E-state index in [1.807, 2.05) is 13.0 Å². The van der Waals surface area contributed by atoms with Crippen LogP contribution in [-0.2, 0) is 6.42 Å². The molecule has 0 saturated carbocycles. The van der Waals surface area contributed by atoms with E-state index in [2.05, 4.69) is 0 Å². The highest BCUT2D eigenvalue weighted by Gasteiger charge is 2.18. The lowest BCUT2D eigenvalue weighted by atomic mass is 10.1. The number of benzene rings is 2. The van der Waals surface area contributed by atoms with Crippen molar-refractivity contribution < 1.29 is 23.8 Å². The van der Waals surface area contributed by atoms with E-state index in [1.54, 1.807) is 12.1 Å². The third-order valence-electron chi connectivity index (χ3n) is 3.05. The molecule has 0 amide bonds. The molecular weight excluding hydrogens is 275 g/mol. The average Bonchev–Trinajstić information content (AvgIpc) is 2.49. The fourth-order valence-corrected chi connectivity index (χ4v) is 1.91. The zero-order valence-corrected chi connectivity index (χ0v) is 11.7. The summed E-state index contributed by atoms with van der Waals surface area (Å²) in [6.45, 7) is 1.99. The monoisotopic (exact) mass is 290 g/mol. The molecule has 0 saturated heterocycles. The number of carboxylic acid groups (broad SMARTS) is 1. The van der Waals surface area contributed by atoms with Crippen LogP contribution in [-0.4, -0.2) is 18.2 Å². The van der Waals surface area contributed by atoms with E-state index in [0.717, 1.165) is 18.1 Å². The first-order valence-corrected chi connectivity index (χ1v) is 6.43. The number of hydrogen-bond donors (Lipinski definition) is 1. The van der Waals surface area contributed by atoms with Crippen molar-refractivity contribution in [2.45, 2.75) is 13.3 Å². The summed E-state index contributed by atoms with van der Waals surface area (Å²) in [5, 5.41) is 9.10. The molecule has 0 fully saturated rings. The minimum absolute atomic E-state index is 0.239. The second-order valence-electron chi connectivity index (χ2n) is 4.36. The smallest absolute Gasteiger partial charge is 0.339 e. The van der Waals surface area contributed by atoms with Crippen molar-refractivity contribution in [3.8, 4) is 17.2 Å². The van der Waals surface area contributed by atoms with Crippen LogP contribution in [0, 0.1) is 5.82 Å². The summed E-state index contributed by atoms with van der Waals surface area (Å²) in [5.41, 5.74) is 0.794. The zero-order chi connectivity index (χ0) is 15.4. The van der Waals surface area contributed by atoms with Crippen LogP contribution in [0.4, 0.5) is 4.39 Å². The van der Waals surface area contributed by atoms with Gasteiger partial charge in [0.15, 0.2) is 23.1 Å². The van der Waals surface area contributed by atoms with Crippen LogP contribution in [0.15, 0.2) is 36.4 Å². The number of carboxylic acids is 1. The third kappa shape index (κ3) is 3.13. The molecule has 0 radical (unpaired) electrons. The zero-order valence-electron chi connectivity index (χ0n) is 11.7. The van der Waals surface area contributed by atoms with Gasteiger partial charge in [-0.25, -0.2) is 9.18 Å². The van der Waals surface area contributed by atoms with Gasteiger partial charge in [0.2, 0.25) is 0 Å². The molecule has 1 N–H and O–H groups in total. The number of halogens is 1. The first-order valence-electron chi connectivity index (χ1n) is 6.43. The van der Waals surface area contributed by atoms with E-state index < -0.39 is 11.8 Å². The number of hydrogen-bond acceptors (Lipinski definition) is 3. The molecular formula is C16H15FO4. The highest BCUT2D eigenvalue weighted by molar-refractivity contribution is 5.91. The van der Waals surface area contributed by atoms with Gasteiger partial charge in [-0.1, -0.05) is 19.1 Å². The molecule has 0 bridgehead atoms. The molecule has 4 nitrogen and oxygen atoms in total. The van der Waals surface area contributed by atoms with E-state index in [-0.39, 0.29) is 17.1 Å². The summed E-state index contributed by atoms with van der Waals surface area (Å²) in [4.78, 5) is 11.1. The molecule has 21 heavy (non-hydrogen) atoms. The van der Waals surface area contributed by atoms with Gasteiger partial charge in [-0.3, -0.25) is 0 Å². The van der Waals surface area contributed by atoms with Gasteiger partial charge in [0.1, 0.15) is 5.56 Å². The van der Waals surface area contributed by atoms with E-state index in [9.17, 15) is 9.18 Å². The maximum atomic E-state index is 13.8. The second kappa shape index (κ2) is 6.26. The van der Waals surface area contributed by atoms with Crippen LogP contribution >= 0.6 is 0 Å². The Morgan fingerprint density at radius 2 is 2.00 bits per heavy atom. The number of aromatic carboxylic acids is 1. The number of aryl methyl sites for hydroxylation is 1. The number of ether oxygens (including phenoxy) is 2. The maximum absolute atomic E-state index is 13.8. The fraction of sp³-hybridized carbons (Fsp3) is 0.188. The highest BCUT2D eigenvalue weighted by atomic mass is 19.1. The summed E-state index contributed by atoms with van der Waals surface area (Å²) < 4.78 is 24.5. The van der Waals surface area contributed by atoms with E-state index in [0.29, 0.717) is 5.75 Å². The number of methoxy groups -OCH3 is 1. The lowest BCUT2D eigenvalue weighted by Crippen LogP contribution is -2.02. The Kier molecular flexibility index (Phi) is 4.42. The minimum atomic E-state index is -1.26. The Morgan fingerprint density at radius 3 is 2.62 bits per heavy atom. The number of rotatable bonds is 5. The predicted molar refractivity (Wildman–Crippen MR) is 75.8 cm³/mol. The first kappa shape index (κ1) is 14.8. The predicted octanol–water partition coefficient (Wildman–Crippen LogP) is 3.89. The second-order valence-corrected chi connectivity index (χ2v) is 4.36. The maximum Gasteiger partial charge on any atom is 0.339 e. The van der Waals surface area contributed by atoms with Crippen LogP contribution in [0.1, 0.15) is 22.8 Å². The molecule has 0 aliphatic rings. The van der Waals surface area contributed by atoms with Crippen molar-refractivity contribution in [3.05, 3.63) is 53.3 Å². The molecule has 0 unspecified atom stereocenters. The van der Waals surface area contributed by atoms with Crippen LogP contribution in [0.5, 0.6) is 17.2 Å². The van der Waals surface area contributed by atoms with Gasteiger partial charge < -0.3 is 14.6 Å². The molecule has 0 spiro atoms. The Balaban J connectivity index is 2.45. The third-order valence-corrected chi connectivity index (χ3v) is 3.05. The molecule has 0 aromatic heterocycles.